The molecule has 1 fully saturated rings. The number of hydrogen-bond acceptors (Lipinski definition) is 4. The number of aromatic nitrogens is 1. The quantitative estimate of drug-likeness (QED) is 0.822. The van der Waals surface area contributed by atoms with E-state index in [-0.39, 0.29) is 17.8 Å². The fraction of sp³-hybridized carbons (Fsp3) is 0.474. The molecule has 0 radical (unpaired) electrons. The Morgan fingerprint density at radius 3 is 2.84 bits per heavy atom. The topological polar surface area (TPSA) is 59.2 Å². The highest BCUT2D eigenvalue weighted by molar-refractivity contribution is 7.09. The van der Waals surface area contributed by atoms with Crippen molar-refractivity contribution < 1.29 is 9.18 Å². The van der Waals surface area contributed by atoms with Crippen molar-refractivity contribution in [3.8, 4) is 0 Å². The highest BCUT2D eigenvalue weighted by atomic mass is 32.1. The van der Waals surface area contributed by atoms with Crippen LogP contribution < -0.4 is 5.73 Å². The lowest BCUT2D eigenvalue weighted by atomic mass is 10.1. The fourth-order valence-electron chi connectivity index (χ4n) is 3.40. The van der Waals surface area contributed by atoms with Crippen molar-refractivity contribution in [1.82, 2.24) is 9.88 Å². The first-order valence-electron chi connectivity index (χ1n) is 8.87. The Kier molecular flexibility index (Phi) is 6.15. The Labute approximate surface area is 151 Å². The SMILES string of the molecule is NCCc1nc(C(=O)N(CCc2cccc(F)c2)C2CCCC2)cs1. The summed E-state index contributed by atoms with van der Waals surface area (Å²) < 4.78 is 13.4. The summed E-state index contributed by atoms with van der Waals surface area (Å²) in [5.41, 5.74) is 7.00. The molecule has 6 heteroatoms. The van der Waals surface area contributed by atoms with Gasteiger partial charge in [-0.15, -0.1) is 11.3 Å². The zero-order valence-corrected chi connectivity index (χ0v) is 15.1. The van der Waals surface area contributed by atoms with Crippen LogP contribution in [-0.4, -0.2) is 34.9 Å². The van der Waals surface area contributed by atoms with E-state index < -0.39 is 0 Å². The summed E-state index contributed by atoms with van der Waals surface area (Å²) in [5, 5.41) is 2.74. The average molecular weight is 361 g/mol. The van der Waals surface area contributed by atoms with Gasteiger partial charge in [0.1, 0.15) is 11.5 Å². The summed E-state index contributed by atoms with van der Waals surface area (Å²) >= 11 is 1.49. The van der Waals surface area contributed by atoms with Crippen LogP contribution in [0.15, 0.2) is 29.6 Å². The van der Waals surface area contributed by atoms with Crippen LogP contribution in [0.3, 0.4) is 0 Å². The van der Waals surface area contributed by atoms with Crippen LogP contribution in [0.4, 0.5) is 4.39 Å². The van der Waals surface area contributed by atoms with E-state index in [0.717, 1.165) is 36.3 Å². The second kappa shape index (κ2) is 8.54. The molecule has 0 saturated heterocycles. The number of carbonyl (C=O) groups excluding carboxylic acids is 1. The standard InChI is InChI=1S/C19H24FN3OS/c20-15-5-3-4-14(12-15)9-11-23(16-6-1-2-7-16)19(24)17-13-25-18(22-17)8-10-21/h3-5,12-13,16H,1-2,6-11,21H2. The van der Waals surface area contributed by atoms with Gasteiger partial charge in [0.2, 0.25) is 0 Å². The lowest BCUT2D eigenvalue weighted by Crippen LogP contribution is -2.40. The van der Waals surface area contributed by atoms with Gasteiger partial charge in [-0.2, -0.15) is 0 Å². The molecule has 1 heterocycles. The Hall–Kier alpha value is -1.79. The van der Waals surface area contributed by atoms with Gasteiger partial charge in [-0.3, -0.25) is 4.79 Å². The molecule has 2 N–H and O–H groups in total. The smallest absolute Gasteiger partial charge is 0.273 e. The first kappa shape index (κ1) is 18.0. The van der Waals surface area contributed by atoms with E-state index in [9.17, 15) is 9.18 Å². The predicted molar refractivity (Wildman–Crippen MR) is 98.3 cm³/mol. The Balaban J connectivity index is 1.72. The van der Waals surface area contributed by atoms with Gasteiger partial charge in [-0.05, 0) is 43.5 Å². The van der Waals surface area contributed by atoms with Crippen LogP contribution in [0.1, 0.15) is 46.7 Å². The molecule has 1 amide bonds. The maximum absolute atomic E-state index is 13.4. The molecule has 0 bridgehead atoms. The highest BCUT2D eigenvalue weighted by Gasteiger charge is 2.28. The largest absolute Gasteiger partial charge is 0.334 e. The third-order valence-electron chi connectivity index (χ3n) is 4.69. The molecule has 4 nitrogen and oxygen atoms in total. The zero-order chi connectivity index (χ0) is 17.6. The van der Waals surface area contributed by atoms with Crippen molar-refractivity contribution in [3.05, 3.63) is 51.7 Å². The van der Waals surface area contributed by atoms with E-state index in [2.05, 4.69) is 4.98 Å². The number of carbonyl (C=O) groups is 1. The summed E-state index contributed by atoms with van der Waals surface area (Å²) in [6.07, 6.45) is 5.74. The minimum atomic E-state index is -0.234. The molecule has 1 aliphatic carbocycles. The molecule has 0 aliphatic heterocycles. The van der Waals surface area contributed by atoms with Gasteiger partial charge in [0, 0.05) is 24.4 Å². The van der Waals surface area contributed by atoms with E-state index >= 15 is 0 Å². The average Bonchev–Trinajstić information content (AvgIpc) is 3.27. The number of benzene rings is 1. The lowest BCUT2D eigenvalue weighted by molar-refractivity contribution is 0.0678. The molecule has 2 aromatic rings. The Morgan fingerprint density at radius 2 is 2.12 bits per heavy atom. The van der Waals surface area contributed by atoms with Gasteiger partial charge in [0.25, 0.3) is 5.91 Å². The Morgan fingerprint density at radius 1 is 1.32 bits per heavy atom. The summed E-state index contributed by atoms with van der Waals surface area (Å²) in [7, 11) is 0. The first-order chi connectivity index (χ1) is 12.2. The second-order valence-corrected chi connectivity index (χ2v) is 7.42. The molecular weight excluding hydrogens is 337 g/mol. The number of halogens is 1. The number of thiazole rings is 1. The summed E-state index contributed by atoms with van der Waals surface area (Å²) in [5.74, 6) is -0.245. The van der Waals surface area contributed by atoms with Gasteiger partial charge in [0.05, 0.1) is 5.01 Å². The van der Waals surface area contributed by atoms with Gasteiger partial charge >= 0.3 is 0 Å². The first-order valence-corrected chi connectivity index (χ1v) is 9.75. The zero-order valence-electron chi connectivity index (χ0n) is 14.3. The van der Waals surface area contributed by atoms with Crippen molar-refractivity contribution in [2.75, 3.05) is 13.1 Å². The summed E-state index contributed by atoms with van der Waals surface area (Å²) in [6.45, 7) is 1.13. The van der Waals surface area contributed by atoms with Crippen molar-refractivity contribution >= 4 is 17.2 Å². The van der Waals surface area contributed by atoms with E-state index in [1.165, 1.54) is 17.4 Å². The predicted octanol–water partition coefficient (Wildman–Crippen LogP) is 3.41. The van der Waals surface area contributed by atoms with E-state index in [1.807, 2.05) is 16.3 Å². The van der Waals surface area contributed by atoms with Crippen LogP contribution in [0.2, 0.25) is 0 Å². The van der Waals surface area contributed by atoms with Crippen molar-refractivity contribution in [3.63, 3.8) is 0 Å². The Bertz CT molecular complexity index is 712. The second-order valence-electron chi connectivity index (χ2n) is 6.48. The maximum atomic E-state index is 13.4. The lowest BCUT2D eigenvalue weighted by Gasteiger charge is -2.28. The van der Waals surface area contributed by atoms with Crippen LogP contribution in [0, 0.1) is 5.82 Å². The molecule has 134 valence electrons. The minimum Gasteiger partial charge on any atom is -0.334 e. The van der Waals surface area contributed by atoms with Gasteiger partial charge in [0.15, 0.2) is 0 Å². The summed E-state index contributed by atoms with van der Waals surface area (Å²) in [4.78, 5) is 19.4. The molecule has 1 aromatic heterocycles. The van der Waals surface area contributed by atoms with Crippen LogP contribution in [0.5, 0.6) is 0 Å². The molecular formula is C19H24FN3OS. The van der Waals surface area contributed by atoms with Crippen molar-refractivity contribution in [1.29, 1.82) is 0 Å². The van der Waals surface area contributed by atoms with Crippen LogP contribution >= 0.6 is 11.3 Å². The normalized spacial score (nSPS) is 14.8. The van der Waals surface area contributed by atoms with Gasteiger partial charge in [-0.1, -0.05) is 25.0 Å². The maximum Gasteiger partial charge on any atom is 0.273 e. The molecule has 1 saturated carbocycles. The summed E-state index contributed by atoms with van der Waals surface area (Å²) in [6, 6.07) is 6.87. The van der Waals surface area contributed by atoms with Crippen molar-refractivity contribution in [2.45, 2.75) is 44.6 Å². The minimum absolute atomic E-state index is 0.0113. The van der Waals surface area contributed by atoms with E-state index in [4.69, 9.17) is 5.73 Å². The molecule has 1 aromatic carbocycles. The molecule has 3 rings (SSSR count). The van der Waals surface area contributed by atoms with E-state index in [0.29, 0.717) is 31.6 Å². The van der Waals surface area contributed by atoms with Crippen LogP contribution in [0.25, 0.3) is 0 Å². The highest BCUT2D eigenvalue weighted by Crippen LogP contribution is 2.26. The van der Waals surface area contributed by atoms with Gasteiger partial charge in [-0.25, -0.2) is 9.37 Å². The number of amides is 1. The number of hydrogen-bond donors (Lipinski definition) is 1. The molecule has 1 aliphatic rings. The van der Waals surface area contributed by atoms with Gasteiger partial charge < -0.3 is 10.6 Å². The third kappa shape index (κ3) is 4.64. The number of nitrogens with zero attached hydrogens (tertiary/aromatic N) is 2. The number of nitrogens with two attached hydrogens (primary N) is 1. The monoisotopic (exact) mass is 361 g/mol. The number of rotatable bonds is 7. The fourth-order valence-corrected chi connectivity index (χ4v) is 4.19. The molecule has 0 atom stereocenters. The molecule has 0 unspecified atom stereocenters. The molecule has 25 heavy (non-hydrogen) atoms. The van der Waals surface area contributed by atoms with E-state index in [1.54, 1.807) is 12.1 Å². The third-order valence-corrected chi connectivity index (χ3v) is 5.59. The van der Waals surface area contributed by atoms with Crippen LogP contribution in [-0.2, 0) is 12.8 Å². The molecule has 0 spiro atoms. The van der Waals surface area contributed by atoms with Crippen molar-refractivity contribution in [2.24, 2.45) is 5.73 Å².